The number of rotatable bonds is 10. The minimum atomic E-state index is -1.03. The van der Waals surface area contributed by atoms with Crippen molar-refractivity contribution in [2.24, 2.45) is 7.05 Å². The van der Waals surface area contributed by atoms with Gasteiger partial charge < -0.3 is 9.67 Å². The van der Waals surface area contributed by atoms with Crippen molar-refractivity contribution in [2.75, 3.05) is 0 Å². The minimum absolute atomic E-state index is 0.113. The van der Waals surface area contributed by atoms with Gasteiger partial charge in [-0.05, 0) is 32.3 Å². The Kier molecular flexibility index (Phi) is 7.22. The molecule has 152 valence electrons. The van der Waals surface area contributed by atoms with E-state index in [0.717, 1.165) is 36.8 Å². The van der Waals surface area contributed by atoms with Crippen LogP contribution in [0.4, 0.5) is 0 Å². The topological polar surface area (TPSA) is 59.3 Å². The van der Waals surface area contributed by atoms with Crippen molar-refractivity contribution in [1.29, 1.82) is 0 Å². The maximum absolute atomic E-state index is 13.4. The predicted molar refractivity (Wildman–Crippen MR) is 113 cm³/mol. The number of aryl methyl sites for hydroxylation is 3. The predicted octanol–water partition coefficient (Wildman–Crippen LogP) is 5.58. The molecule has 1 aromatic carbocycles. The number of unbranched alkanes of at least 4 members (excludes halogenated alkanes) is 3. The Morgan fingerprint density at radius 1 is 1.04 bits per heavy atom. The van der Waals surface area contributed by atoms with Crippen molar-refractivity contribution < 1.29 is 14.7 Å². The summed E-state index contributed by atoms with van der Waals surface area (Å²) >= 11 is 0. The van der Waals surface area contributed by atoms with Gasteiger partial charge in [-0.3, -0.25) is 9.59 Å². The monoisotopic (exact) mass is 383 g/mol. The number of carboxylic acid groups (broad SMARTS) is 1. The second-order valence-electron chi connectivity index (χ2n) is 7.89. The number of benzene rings is 1. The molecular weight excluding hydrogens is 350 g/mol. The molecule has 0 saturated carbocycles. The first kappa shape index (κ1) is 21.9. The minimum Gasteiger partial charge on any atom is -0.481 e. The third kappa shape index (κ3) is 4.21. The standard InChI is InChI=1S/C24H33NO3/c1-6-8-9-10-15-24(7-2,23(27)28)20-18(4)16-25(5)21(20)22(26)19-13-11-17(3)12-14-19/h11-14,16H,6-10,15H2,1-5H3,(H,27,28). The van der Waals surface area contributed by atoms with Crippen molar-refractivity contribution in [3.8, 4) is 0 Å². The lowest BCUT2D eigenvalue weighted by Gasteiger charge is -2.30. The highest BCUT2D eigenvalue weighted by Gasteiger charge is 2.43. The van der Waals surface area contributed by atoms with Crippen LogP contribution in [0.15, 0.2) is 30.5 Å². The summed E-state index contributed by atoms with van der Waals surface area (Å²) in [6.07, 6.45) is 6.97. The molecule has 0 fully saturated rings. The maximum Gasteiger partial charge on any atom is 0.314 e. The second kappa shape index (κ2) is 9.22. The molecule has 0 aliphatic carbocycles. The van der Waals surface area contributed by atoms with Crippen LogP contribution in [0, 0.1) is 13.8 Å². The van der Waals surface area contributed by atoms with Crippen LogP contribution >= 0.6 is 0 Å². The van der Waals surface area contributed by atoms with Gasteiger partial charge in [0.25, 0.3) is 0 Å². The highest BCUT2D eigenvalue weighted by Crippen LogP contribution is 2.40. The van der Waals surface area contributed by atoms with Crippen LogP contribution in [0.1, 0.15) is 85.1 Å². The summed E-state index contributed by atoms with van der Waals surface area (Å²) in [6, 6.07) is 7.47. The quantitative estimate of drug-likeness (QED) is 0.431. The Morgan fingerprint density at radius 2 is 1.68 bits per heavy atom. The molecule has 1 aromatic heterocycles. The lowest BCUT2D eigenvalue weighted by molar-refractivity contribution is -0.144. The van der Waals surface area contributed by atoms with Crippen LogP contribution in [0.5, 0.6) is 0 Å². The van der Waals surface area contributed by atoms with E-state index in [4.69, 9.17) is 0 Å². The Labute approximate surface area is 168 Å². The maximum atomic E-state index is 13.4. The van der Waals surface area contributed by atoms with Crippen LogP contribution in [-0.4, -0.2) is 21.4 Å². The van der Waals surface area contributed by atoms with Crippen LogP contribution in [0.2, 0.25) is 0 Å². The van der Waals surface area contributed by atoms with E-state index < -0.39 is 11.4 Å². The number of nitrogens with zero attached hydrogens (tertiary/aromatic N) is 1. The van der Waals surface area contributed by atoms with Crippen molar-refractivity contribution in [3.63, 3.8) is 0 Å². The number of ketones is 1. The van der Waals surface area contributed by atoms with Crippen molar-refractivity contribution in [3.05, 3.63) is 58.4 Å². The summed E-state index contributed by atoms with van der Waals surface area (Å²) in [5.74, 6) is -0.947. The molecule has 2 rings (SSSR count). The van der Waals surface area contributed by atoms with Crippen LogP contribution in [-0.2, 0) is 17.3 Å². The zero-order valence-electron chi connectivity index (χ0n) is 17.8. The molecule has 0 radical (unpaired) electrons. The molecule has 1 atom stereocenters. The zero-order chi connectivity index (χ0) is 20.9. The Hall–Kier alpha value is -2.36. The summed E-state index contributed by atoms with van der Waals surface area (Å²) in [4.78, 5) is 25.9. The van der Waals surface area contributed by atoms with Gasteiger partial charge in [-0.15, -0.1) is 0 Å². The first-order chi connectivity index (χ1) is 13.3. The van der Waals surface area contributed by atoms with Gasteiger partial charge in [0.2, 0.25) is 5.78 Å². The lowest BCUT2D eigenvalue weighted by Crippen LogP contribution is -2.37. The molecule has 0 amide bonds. The van der Waals surface area contributed by atoms with E-state index in [9.17, 15) is 14.7 Å². The van der Waals surface area contributed by atoms with E-state index in [1.165, 1.54) is 0 Å². The summed E-state index contributed by atoms with van der Waals surface area (Å²) < 4.78 is 1.80. The molecule has 0 bridgehead atoms. The third-order valence-corrected chi connectivity index (χ3v) is 5.85. The molecule has 1 unspecified atom stereocenters. The fourth-order valence-corrected chi connectivity index (χ4v) is 4.20. The molecule has 0 spiro atoms. The number of carbonyl (C=O) groups excluding carboxylic acids is 1. The first-order valence-electron chi connectivity index (χ1n) is 10.3. The molecule has 1 N–H and O–H groups in total. The van der Waals surface area contributed by atoms with Gasteiger partial charge in [-0.25, -0.2) is 0 Å². The summed E-state index contributed by atoms with van der Waals surface area (Å²) in [5, 5.41) is 10.3. The Balaban J connectivity index is 2.56. The van der Waals surface area contributed by atoms with Crippen molar-refractivity contribution in [1.82, 2.24) is 4.57 Å². The number of hydrogen-bond donors (Lipinski definition) is 1. The highest BCUT2D eigenvalue weighted by atomic mass is 16.4. The molecule has 1 heterocycles. The fourth-order valence-electron chi connectivity index (χ4n) is 4.20. The zero-order valence-corrected chi connectivity index (χ0v) is 17.8. The molecule has 4 heteroatoms. The van der Waals surface area contributed by atoms with Gasteiger partial charge in [0.05, 0.1) is 11.1 Å². The fraction of sp³-hybridized carbons (Fsp3) is 0.500. The average Bonchev–Trinajstić information content (AvgIpc) is 2.96. The van der Waals surface area contributed by atoms with Gasteiger partial charge >= 0.3 is 5.97 Å². The van der Waals surface area contributed by atoms with Crippen LogP contribution < -0.4 is 0 Å². The van der Waals surface area contributed by atoms with E-state index in [1.807, 2.05) is 58.3 Å². The normalized spacial score (nSPS) is 13.3. The molecule has 4 nitrogen and oxygen atoms in total. The average molecular weight is 384 g/mol. The van der Waals surface area contributed by atoms with Gasteiger partial charge in [0.1, 0.15) is 0 Å². The van der Waals surface area contributed by atoms with Crippen molar-refractivity contribution >= 4 is 11.8 Å². The molecule has 0 saturated heterocycles. The van der Waals surface area contributed by atoms with Crippen LogP contribution in [0.25, 0.3) is 0 Å². The Morgan fingerprint density at radius 3 is 2.21 bits per heavy atom. The largest absolute Gasteiger partial charge is 0.481 e. The summed E-state index contributed by atoms with van der Waals surface area (Å²) in [7, 11) is 1.83. The summed E-state index contributed by atoms with van der Waals surface area (Å²) in [5.41, 5.74) is 2.71. The van der Waals surface area contributed by atoms with Crippen LogP contribution in [0.3, 0.4) is 0 Å². The molecule has 0 aliphatic rings. The van der Waals surface area contributed by atoms with Gasteiger partial charge in [-0.2, -0.15) is 0 Å². The van der Waals surface area contributed by atoms with E-state index in [-0.39, 0.29) is 5.78 Å². The van der Waals surface area contributed by atoms with E-state index in [0.29, 0.717) is 29.7 Å². The third-order valence-electron chi connectivity index (χ3n) is 5.85. The van der Waals surface area contributed by atoms with Gasteiger partial charge in [0, 0.05) is 24.4 Å². The second-order valence-corrected chi connectivity index (χ2v) is 7.89. The summed E-state index contributed by atoms with van der Waals surface area (Å²) in [6.45, 7) is 7.96. The molecule has 2 aromatic rings. The number of hydrogen-bond acceptors (Lipinski definition) is 2. The van der Waals surface area contributed by atoms with Gasteiger partial charge in [-0.1, -0.05) is 69.4 Å². The molecular formula is C24H33NO3. The SMILES string of the molecule is CCCCCCC(CC)(C(=O)O)c1c(C)cn(C)c1C(=O)c1ccc(C)cc1. The van der Waals surface area contributed by atoms with Crippen molar-refractivity contribution in [2.45, 2.75) is 71.6 Å². The molecule has 0 aliphatic heterocycles. The number of carbonyl (C=O) groups is 2. The number of aliphatic carboxylic acids is 1. The first-order valence-corrected chi connectivity index (χ1v) is 10.3. The van der Waals surface area contributed by atoms with E-state index >= 15 is 0 Å². The molecule has 28 heavy (non-hydrogen) atoms. The smallest absolute Gasteiger partial charge is 0.314 e. The lowest BCUT2D eigenvalue weighted by atomic mass is 9.72. The Bertz CT molecular complexity index is 832. The number of aromatic nitrogens is 1. The highest BCUT2D eigenvalue weighted by molar-refractivity contribution is 6.10. The van der Waals surface area contributed by atoms with E-state index in [1.54, 1.807) is 4.57 Å². The van der Waals surface area contributed by atoms with Gasteiger partial charge in [0.15, 0.2) is 0 Å². The number of carboxylic acids is 1. The van der Waals surface area contributed by atoms with E-state index in [2.05, 4.69) is 6.92 Å².